The summed E-state index contributed by atoms with van der Waals surface area (Å²) in [5, 5.41) is 35.4. The number of rotatable bonds is 12. The predicted octanol–water partition coefficient (Wildman–Crippen LogP) is 6.98. The molecule has 1 saturated heterocycles. The van der Waals surface area contributed by atoms with Crippen LogP contribution in [0.25, 0.3) is 5.69 Å². The maximum absolute atomic E-state index is 12.9. The number of phenolic OH excluding ortho intramolecular Hbond substituents is 1. The fourth-order valence-electron chi connectivity index (χ4n) is 6.33. The number of Topliss-reactive ketones (excluding diaryl/α,β-unsaturated/α-hetero) is 1. The molecule has 0 aliphatic carbocycles. The van der Waals surface area contributed by atoms with Gasteiger partial charge in [-0.15, -0.1) is 5.10 Å². The van der Waals surface area contributed by atoms with Crippen molar-refractivity contribution in [3.63, 3.8) is 0 Å². The van der Waals surface area contributed by atoms with Crippen LogP contribution < -0.4 is 5.32 Å². The quantitative estimate of drug-likeness (QED) is 0.0891. The second-order valence-corrected chi connectivity index (χ2v) is 13.7. The van der Waals surface area contributed by atoms with Crippen LogP contribution in [0.3, 0.4) is 0 Å². The highest BCUT2D eigenvalue weighted by Gasteiger charge is 2.42. The number of carbonyl (C=O) groups excluding carboxylic acids is 2. The number of phenols is 1. The number of ketones is 1. The molecular weight excluding hydrogens is 691 g/mol. The Labute approximate surface area is 310 Å². The Morgan fingerprint density at radius 1 is 0.811 bits per heavy atom. The van der Waals surface area contributed by atoms with E-state index in [0.717, 1.165) is 27.8 Å². The molecule has 5 aromatic carbocycles. The van der Waals surface area contributed by atoms with Gasteiger partial charge in [0.05, 0.1) is 30.9 Å². The fraction of sp³-hybridized carbons (Fsp3) is 0.195. The molecule has 4 atom stereocenters. The van der Waals surface area contributed by atoms with Crippen molar-refractivity contribution in [2.45, 2.75) is 49.5 Å². The first kappa shape index (κ1) is 35.7. The van der Waals surface area contributed by atoms with Crippen LogP contribution in [0, 0.1) is 0 Å². The number of aliphatic hydroxyl groups excluding tert-OH is 1. The summed E-state index contributed by atoms with van der Waals surface area (Å²) in [5.74, 6) is 0.134. The number of benzene rings is 5. The minimum absolute atomic E-state index is 0.0656. The third-order valence-electron chi connectivity index (χ3n) is 9.05. The maximum Gasteiger partial charge on any atom is 0.228 e. The zero-order chi connectivity index (χ0) is 36.7. The van der Waals surface area contributed by atoms with Gasteiger partial charge in [-0.1, -0.05) is 103 Å². The average molecular weight is 728 g/mol. The number of thioether (sulfide) groups is 1. The number of amides is 1. The summed E-state index contributed by atoms with van der Waals surface area (Å²) in [6, 6.07) is 39.0. The first-order valence-electron chi connectivity index (χ1n) is 17.1. The Morgan fingerprint density at radius 2 is 1.53 bits per heavy atom. The summed E-state index contributed by atoms with van der Waals surface area (Å²) in [4.78, 5) is 24.7. The zero-order valence-electron chi connectivity index (χ0n) is 28.8. The fourth-order valence-corrected chi connectivity index (χ4v) is 7.29. The SMILES string of the molecule is CC(=O)c1cccc(NC(=O)Cc2ccc(C3OC(CSc4nnnn4-c4ccc(O)cc4)C(c4ccccc4)C(c4ccc(CO)cc4)O3)cc2)c1. The van der Waals surface area contributed by atoms with Gasteiger partial charge in [-0.3, -0.25) is 9.59 Å². The van der Waals surface area contributed by atoms with E-state index in [9.17, 15) is 19.8 Å². The largest absolute Gasteiger partial charge is 0.508 e. The number of nitrogens with zero attached hydrogens (tertiary/aromatic N) is 4. The number of carbonyl (C=O) groups is 2. The number of tetrazole rings is 1. The molecule has 12 heteroatoms. The van der Waals surface area contributed by atoms with Crippen LogP contribution in [0.2, 0.25) is 0 Å². The summed E-state index contributed by atoms with van der Waals surface area (Å²) in [5.41, 5.74) is 6.18. The molecule has 3 N–H and O–H groups in total. The van der Waals surface area contributed by atoms with E-state index < -0.39 is 12.4 Å². The standard InChI is InChI=1S/C41H37N5O6S/c1-26(48)32-8-5-9-33(23-32)42-37(50)22-27-10-16-31(17-11-27)40-51-36(25-53-41-43-44-45-46(41)34-18-20-35(49)21-19-34)38(29-6-3-2-4-7-29)39(52-40)30-14-12-28(24-47)13-15-30/h2-21,23,36,38-40,47,49H,22,24-25H2,1H3,(H,42,50). The molecule has 11 nitrogen and oxygen atoms in total. The van der Waals surface area contributed by atoms with E-state index in [0.29, 0.717) is 27.8 Å². The Balaban J connectivity index is 1.15. The van der Waals surface area contributed by atoms with Crippen LogP contribution in [-0.2, 0) is 27.3 Å². The number of hydrogen-bond acceptors (Lipinski definition) is 10. The van der Waals surface area contributed by atoms with Crippen LogP contribution in [0.15, 0.2) is 133 Å². The van der Waals surface area contributed by atoms with Crippen molar-refractivity contribution >= 4 is 29.1 Å². The Hall–Kier alpha value is -5.66. The number of aliphatic hydroxyl groups is 1. The van der Waals surface area contributed by atoms with E-state index >= 15 is 0 Å². The normalized spacial score (nSPS) is 18.4. The summed E-state index contributed by atoms with van der Waals surface area (Å²) in [6.07, 6.45) is -1.39. The second kappa shape index (κ2) is 16.3. The molecular formula is C41H37N5O6S. The molecule has 268 valence electrons. The molecule has 6 aromatic rings. The summed E-state index contributed by atoms with van der Waals surface area (Å²) >= 11 is 1.46. The maximum atomic E-state index is 12.9. The van der Waals surface area contributed by atoms with Gasteiger partial charge < -0.3 is 25.0 Å². The van der Waals surface area contributed by atoms with Gasteiger partial charge in [0.1, 0.15) is 5.75 Å². The lowest BCUT2D eigenvalue weighted by Gasteiger charge is -2.43. The van der Waals surface area contributed by atoms with Crippen molar-refractivity contribution in [1.29, 1.82) is 0 Å². The lowest BCUT2D eigenvalue weighted by Crippen LogP contribution is -2.38. The van der Waals surface area contributed by atoms with Crippen molar-refractivity contribution in [2.24, 2.45) is 0 Å². The molecule has 53 heavy (non-hydrogen) atoms. The van der Waals surface area contributed by atoms with Gasteiger partial charge in [-0.25, -0.2) is 0 Å². The molecule has 1 fully saturated rings. The van der Waals surface area contributed by atoms with Gasteiger partial charge >= 0.3 is 0 Å². The van der Waals surface area contributed by atoms with Gasteiger partial charge in [0, 0.05) is 28.5 Å². The number of aromatic nitrogens is 4. The van der Waals surface area contributed by atoms with E-state index in [1.165, 1.54) is 18.7 Å². The molecule has 0 saturated carbocycles. The first-order valence-corrected chi connectivity index (χ1v) is 18.1. The molecule has 1 aliphatic heterocycles. The van der Waals surface area contributed by atoms with Gasteiger partial charge in [0.15, 0.2) is 12.1 Å². The van der Waals surface area contributed by atoms with Crippen molar-refractivity contribution in [1.82, 2.24) is 20.2 Å². The lowest BCUT2D eigenvalue weighted by molar-refractivity contribution is -0.255. The molecule has 2 heterocycles. The lowest BCUT2D eigenvalue weighted by atomic mass is 9.84. The van der Waals surface area contributed by atoms with E-state index in [4.69, 9.17) is 9.47 Å². The van der Waals surface area contributed by atoms with Crippen molar-refractivity contribution in [3.05, 3.63) is 161 Å². The highest BCUT2D eigenvalue weighted by Crippen LogP contribution is 2.48. The van der Waals surface area contributed by atoms with Gasteiger partial charge in [-0.05, 0) is 76.0 Å². The molecule has 7 rings (SSSR count). The minimum atomic E-state index is -0.742. The smallest absolute Gasteiger partial charge is 0.228 e. The number of anilines is 1. The van der Waals surface area contributed by atoms with Gasteiger partial charge in [0.25, 0.3) is 0 Å². The topological polar surface area (TPSA) is 149 Å². The van der Waals surface area contributed by atoms with Gasteiger partial charge in [0.2, 0.25) is 11.1 Å². The number of aromatic hydroxyl groups is 1. The highest BCUT2D eigenvalue weighted by molar-refractivity contribution is 7.99. The van der Waals surface area contributed by atoms with Crippen LogP contribution in [0.1, 0.15) is 63.4 Å². The summed E-state index contributed by atoms with van der Waals surface area (Å²) < 4.78 is 15.3. The van der Waals surface area contributed by atoms with E-state index in [2.05, 4.69) is 33.0 Å². The van der Waals surface area contributed by atoms with Crippen LogP contribution in [0.5, 0.6) is 5.75 Å². The number of ether oxygens (including phenoxy) is 2. The molecule has 0 bridgehead atoms. The molecule has 1 aliphatic rings. The summed E-state index contributed by atoms with van der Waals surface area (Å²) in [7, 11) is 0. The third-order valence-corrected chi connectivity index (χ3v) is 10.1. The van der Waals surface area contributed by atoms with E-state index in [1.807, 2.05) is 66.7 Å². The van der Waals surface area contributed by atoms with Crippen LogP contribution in [0.4, 0.5) is 5.69 Å². The zero-order valence-corrected chi connectivity index (χ0v) is 29.6. The predicted molar refractivity (Wildman–Crippen MR) is 200 cm³/mol. The van der Waals surface area contributed by atoms with Crippen LogP contribution >= 0.6 is 11.8 Å². The van der Waals surface area contributed by atoms with Crippen LogP contribution in [-0.4, -0.2) is 54.0 Å². The molecule has 4 unspecified atom stereocenters. The average Bonchev–Trinajstić information content (AvgIpc) is 3.66. The van der Waals surface area contributed by atoms with Crippen molar-refractivity contribution in [3.8, 4) is 11.4 Å². The Bertz CT molecular complexity index is 2160. The third kappa shape index (κ3) is 8.53. The first-order chi connectivity index (χ1) is 25.8. The summed E-state index contributed by atoms with van der Waals surface area (Å²) in [6.45, 7) is 1.42. The molecule has 1 amide bonds. The monoisotopic (exact) mass is 727 g/mol. The van der Waals surface area contributed by atoms with Crippen molar-refractivity contribution in [2.75, 3.05) is 11.1 Å². The van der Waals surface area contributed by atoms with E-state index in [-0.39, 0.29) is 42.5 Å². The Kier molecular flexibility index (Phi) is 11.0. The molecule has 1 aromatic heterocycles. The van der Waals surface area contributed by atoms with Crippen molar-refractivity contribution < 1.29 is 29.3 Å². The minimum Gasteiger partial charge on any atom is -0.508 e. The van der Waals surface area contributed by atoms with E-state index in [1.54, 1.807) is 53.2 Å². The number of hydrogen-bond donors (Lipinski definition) is 3. The molecule has 0 spiro atoms. The number of nitrogens with one attached hydrogen (secondary N) is 1. The molecule has 0 radical (unpaired) electrons. The van der Waals surface area contributed by atoms with Gasteiger partial charge in [-0.2, -0.15) is 4.68 Å². The second-order valence-electron chi connectivity index (χ2n) is 12.7. The highest BCUT2D eigenvalue weighted by atomic mass is 32.2. The Morgan fingerprint density at radius 3 is 2.25 bits per heavy atom.